The Kier molecular flexibility index (Phi) is 5.26. The highest BCUT2D eigenvalue weighted by atomic mass is 16.5. The lowest BCUT2D eigenvalue weighted by atomic mass is 9.97. The molecule has 2 atom stereocenters. The van der Waals surface area contributed by atoms with Crippen LogP contribution in [0.2, 0.25) is 0 Å². The molecule has 0 spiro atoms. The summed E-state index contributed by atoms with van der Waals surface area (Å²) in [4.78, 5) is 2.43. The van der Waals surface area contributed by atoms with Gasteiger partial charge in [0.05, 0.1) is 6.10 Å². The standard InChI is InChI=1S/C14H28N2O/c1-3-4-14-11-13(7-10-17-14)15-12-5-8-16(2)9-6-12/h12-15H,3-11H2,1-2H3. The highest BCUT2D eigenvalue weighted by molar-refractivity contribution is 4.83. The first kappa shape index (κ1) is 13.3. The number of likely N-dealkylation sites (tertiary alicyclic amines) is 1. The van der Waals surface area contributed by atoms with E-state index in [4.69, 9.17) is 4.74 Å². The maximum Gasteiger partial charge on any atom is 0.0589 e. The zero-order valence-corrected chi connectivity index (χ0v) is 11.5. The van der Waals surface area contributed by atoms with Crippen LogP contribution in [0.25, 0.3) is 0 Å². The second-order valence-corrected chi connectivity index (χ2v) is 5.75. The summed E-state index contributed by atoms with van der Waals surface area (Å²) in [5.41, 5.74) is 0. The number of nitrogens with zero attached hydrogens (tertiary/aromatic N) is 1. The fourth-order valence-corrected chi connectivity index (χ4v) is 3.06. The Morgan fingerprint density at radius 3 is 2.65 bits per heavy atom. The third-order valence-corrected chi connectivity index (χ3v) is 4.17. The van der Waals surface area contributed by atoms with E-state index in [0.29, 0.717) is 12.1 Å². The number of nitrogens with one attached hydrogen (secondary N) is 1. The van der Waals surface area contributed by atoms with E-state index < -0.39 is 0 Å². The summed E-state index contributed by atoms with van der Waals surface area (Å²) in [6, 6.07) is 1.45. The zero-order chi connectivity index (χ0) is 12.1. The van der Waals surface area contributed by atoms with Gasteiger partial charge in [0.2, 0.25) is 0 Å². The summed E-state index contributed by atoms with van der Waals surface area (Å²) in [6.07, 6.45) is 8.03. The van der Waals surface area contributed by atoms with Crippen molar-refractivity contribution in [1.82, 2.24) is 10.2 Å². The molecule has 0 aliphatic carbocycles. The molecule has 0 aromatic carbocycles. The molecule has 2 aliphatic rings. The van der Waals surface area contributed by atoms with Crippen molar-refractivity contribution in [1.29, 1.82) is 0 Å². The van der Waals surface area contributed by atoms with Gasteiger partial charge in [-0.2, -0.15) is 0 Å². The zero-order valence-electron chi connectivity index (χ0n) is 11.5. The van der Waals surface area contributed by atoms with Crippen molar-refractivity contribution in [3.8, 4) is 0 Å². The lowest BCUT2D eigenvalue weighted by Crippen LogP contribution is -2.48. The molecule has 0 amide bonds. The highest BCUT2D eigenvalue weighted by Crippen LogP contribution is 2.19. The number of piperidine rings is 1. The minimum atomic E-state index is 0.512. The van der Waals surface area contributed by atoms with E-state index in [2.05, 4.69) is 24.2 Å². The summed E-state index contributed by atoms with van der Waals surface area (Å²) in [7, 11) is 2.22. The lowest BCUT2D eigenvalue weighted by Gasteiger charge is -2.36. The molecule has 100 valence electrons. The molecule has 2 saturated heterocycles. The smallest absolute Gasteiger partial charge is 0.0589 e. The molecular weight excluding hydrogens is 212 g/mol. The van der Waals surface area contributed by atoms with Crippen LogP contribution in [0.1, 0.15) is 45.4 Å². The van der Waals surface area contributed by atoms with Gasteiger partial charge >= 0.3 is 0 Å². The number of hydrogen-bond acceptors (Lipinski definition) is 3. The van der Waals surface area contributed by atoms with Gasteiger partial charge in [0.15, 0.2) is 0 Å². The molecule has 1 N–H and O–H groups in total. The molecule has 0 aromatic heterocycles. The molecule has 0 aromatic rings. The van der Waals surface area contributed by atoms with Gasteiger partial charge < -0.3 is 15.0 Å². The van der Waals surface area contributed by atoms with Gasteiger partial charge in [-0.1, -0.05) is 13.3 Å². The topological polar surface area (TPSA) is 24.5 Å². The van der Waals surface area contributed by atoms with E-state index in [-0.39, 0.29) is 0 Å². The van der Waals surface area contributed by atoms with Crippen molar-refractivity contribution in [2.24, 2.45) is 0 Å². The van der Waals surface area contributed by atoms with E-state index in [1.165, 1.54) is 51.6 Å². The minimum Gasteiger partial charge on any atom is -0.378 e. The Labute approximate surface area is 106 Å². The normalized spacial score (nSPS) is 32.8. The maximum atomic E-state index is 5.81. The Morgan fingerprint density at radius 1 is 1.18 bits per heavy atom. The van der Waals surface area contributed by atoms with Gasteiger partial charge in [-0.15, -0.1) is 0 Å². The Bertz CT molecular complexity index is 212. The van der Waals surface area contributed by atoms with Gasteiger partial charge in [-0.25, -0.2) is 0 Å². The summed E-state index contributed by atoms with van der Waals surface area (Å²) in [6.45, 7) is 5.70. The molecule has 0 radical (unpaired) electrons. The van der Waals surface area contributed by atoms with Crippen LogP contribution < -0.4 is 5.32 Å². The van der Waals surface area contributed by atoms with Crippen molar-refractivity contribution < 1.29 is 4.74 Å². The molecule has 0 bridgehead atoms. The van der Waals surface area contributed by atoms with Crippen LogP contribution in [0, 0.1) is 0 Å². The van der Waals surface area contributed by atoms with E-state index in [9.17, 15) is 0 Å². The predicted molar refractivity (Wildman–Crippen MR) is 71.3 cm³/mol. The van der Waals surface area contributed by atoms with Crippen molar-refractivity contribution in [3.63, 3.8) is 0 Å². The number of hydrogen-bond donors (Lipinski definition) is 1. The molecule has 0 saturated carbocycles. The average molecular weight is 240 g/mol. The first-order chi connectivity index (χ1) is 8.28. The highest BCUT2D eigenvalue weighted by Gasteiger charge is 2.25. The van der Waals surface area contributed by atoms with E-state index >= 15 is 0 Å². The van der Waals surface area contributed by atoms with Crippen LogP contribution in [-0.2, 0) is 4.74 Å². The molecule has 3 nitrogen and oxygen atoms in total. The molecule has 17 heavy (non-hydrogen) atoms. The molecule has 3 heteroatoms. The third kappa shape index (κ3) is 4.23. The quantitative estimate of drug-likeness (QED) is 0.813. The van der Waals surface area contributed by atoms with Crippen LogP contribution >= 0.6 is 0 Å². The van der Waals surface area contributed by atoms with Crippen molar-refractivity contribution in [2.45, 2.75) is 63.6 Å². The Balaban J connectivity index is 1.71. The Morgan fingerprint density at radius 2 is 1.94 bits per heavy atom. The second-order valence-electron chi connectivity index (χ2n) is 5.75. The van der Waals surface area contributed by atoms with Crippen molar-refractivity contribution >= 4 is 0 Å². The fourth-order valence-electron chi connectivity index (χ4n) is 3.06. The summed E-state index contributed by atoms with van der Waals surface area (Å²) in [5.74, 6) is 0. The molecule has 2 unspecified atom stereocenters. The molecule has 2 aliphatic heterocycles. The van der Waals surface area contributed by atoms with Crippen molar-refractivity contribution in [2.75, 3.05) is 26.7 Å². The van der Waals surface area contributed by atoms with E-state index in [1.807, 2.05) is 0 Å². The summed E-state index contributed by atoms with van der Waals surface area (Å²) in [5, 5.41) is 3.86. The van der Waals surface area contributed by atoms with Crippen LogP contribution in [0.15, 0.2) is 0 Å². The van der Waals surface area contributed by atoms with Gasteiger partial charge in [-0.05, 0) is 52.2 Å². The van der Waals surface area contributed by atoms with Gasteiger partial charge in [0.1, 0.15) is 0 Å². The molecule has 2 rings (SSSR count). The fraction of sp³-hybridized carbons (Fsp3) is 1.00. The van der Waals surface area contributed by atoms with E-state index in [1.54, 1.807) is 0 Å². The number of ether oxygens (including phenoxy) is 1. The Hall–Kier alpha value is -0.120. The summed E-state index contributed by atoms with van der Waals surface area (Å²) < 4.78 is 5.81. The molecule has 2 fully saturated rings. The second kappa shape index (κ2) is 6.72. The first-order valence-corrected chi connectivity index (χ1v) is 7.34. The maximum absolute atomic E-state index is 5.81. The van der Waals surface area contributed by atoms with Crippen LogP contribution in [0.4, 0.5) is 0 Å². The first-order valence-electron chi connectivity index (χ1n) is 7.34. The van der Waals surface area contributed by atoms with Crippen LogP contribution in [0.3, 0.4) is 0 Å². The average Bonchev–Trinajstić information content (AvgIpc) is 2.33. The largest absolute Gasteiger partial charge is 0.378 e. The van der Waals surface area contributed by atoms with Gasteiger partial charge in [0.25, 0.3) is 0 Å². The molecular formula is C14H28N2O. The van der Waals surface area contributed by atoms with Gasteiger partial charge in [0, 0.05) is 18.7 Å². The number of rotatable bonds is 4. The minimum absolute atomic E-state index is 0.512. The van der Waals surface area contributed by atoms with Crippen LogP contribution in [-0.4, -0.2) is 49.8 Å². The monoisotopic (exact) mass is 240 g/mol. The lowest BCUT2D eigenvalue weighted by molar-refractivity contribution is -0.00627. The third-order valence-electron chi connectivity index (χ3n) is 4.17. The SMILES string of the molecule is CCCC1CC(NC2CCN(C)CC2)CCO1. The van der Waals surface area contributed by atoms with Crippen LogP contribution in [0.5, 0.6) is 0 Å². The summed E-state index contributed by atoms with van der Waals surface area (Å²) >= 11 is 0. The molecule has 2 heterocycles. The van der Waals surface area contributed by atoms with E-state index in [0.717, 1.165) is 12.6 Å². The van der Waals surface area contributed by atoms with Crippen molar-refractivity contribution in [3.05, 3.63) is 0 Å². The predicted octanol–water partition coefficient (Wildman–Crippen LogP) is 2.02. The van der Waals surface area contributed by atoms with Gasteiger partial charge in [-0.3, -0.25) is 0 Å².